The number of ether oxygens (including phenoxy) is 1. The SMILES string of the molecule is [B]c1o[nH]c(=S)c1C(=O)Nc1ccccc1NS(=O)(=O)c1ccc(OC)cc1. The number of benzene rings is 2. The van der Waals surface area contributed by atoms with Gasteiger partial charge in [0.25, 0.3) is 15.9 Å². The summed E-state index contributed by atoms with van der Waals surface area (Å²) in [5.74, 6) is -0.107. The van der Waals surface area contributed by atoms with E-state index in [-0.39, 0.29) is 32.1 Å². The highest BCUT2D eigenvalue weighted by Gasteiger charge is 2.19. The summed E-state index contributed by atoms with van der Waals surface area (Å²) in [6, 6.07) is 12.2. The maximum Gasteiger partial charge on any atom is 0.261 e. The van der Waals surface area contributed by atoms with Crippen LogP contribution in [0.1, 0.15) is 10.4 Å². The number of hydrogen-bond acceptors (Lipinski definition) is 6. The van der Waals surface area contributed by atoms with Crippen LogP contribution in [0.25, 0.3) is 0 Å². The van der Waals surface area contributed by atoms with E-state index in [1.807, 2.05) is 0 Å². The lowest BCUT2D eigenvalue weighted by atomic mass is 10.0. The van der Waals surface area contributed by atoms with Crippen molar-refractivity contribution >= 4 is 53.0 Å². The summed E-state index contributed by atoms with van der Waals surface area (Å²) in [5, 5.41) is 4.89. The molecule has 0 atom stereocenters. The number of aromatic amines is 1. The quantitative estimate of drug-likeness (QED) is 0.420. The third-order valence-electron chi connectivity index (χ3n) is 3.74. The Hall–Kier alpha value is -3.05. The second-order valence-corrected chi connectivity index (χ2v) is 7.64. The molecule has 3 rings (SSSR count). The van der Waals surface area contributed by atoms with Gasteiger partial charge >= 0.3 is 0 Å². The average Bonchev–Trinajstić information content (AvgIpc) is 3.01. The van der Waals surface area contributed by atoms with Crippen LogP contribution in [-0.2, 0) is 10.0 Å². The Morgan fingerprint density at radius 1 is 1.14 bits per heavy atom. The maximum absolute atomic E-state index is 12.7. The van der Waals surface area contributed by atoms with E-state index in [2.05, 4.69) is 15.2 Å². The van der Waals surface area contributed by atoms with Crippen LogP contribution in [0.2, 0.25) is 0 Å². The second-order valence-electron chi connectivity index (χ2n) is 5.55. The van der Waals surface area contributed by atoms with Crippen LogP contribution in [0.5, 0.6) is 5.75 Å². The minimum Gasteiger partial charge on any atom is -0.497 e. The van der Waals surface area contributed by atoms with Gasteiger partial charge < -0.3 is 14.6 Å². The summed E-state index contributed by atoms with van der Waals surface area (Å²) >= 11 is 4.96. The molecule has 1 aromatic heterocycles. The van der Waals surface area contributed by atoms with Crippen LogP contribution in [0.4, 0.5) is 11.4 Å². The molecule has 1 heterocycles. The fraction of sp³-hybridized carbons (Fsp3) is 0.0588. The van der Waals surface area contributed by atoms with Gasteiger partial charge in [0.1, 0.15) is 16.0 Å². The van der Waals surface area contributed by atoms with E-state index in [0.29, 0.717) is 5.75 Å². The van der Waals surface area contributed by atoms with Crippen molar-refractivity contribution in [3.05, 3.63) is 58.7 Å². The van der Waals surface area contributed by atoms with Crippen LogP contribution in [0.15, 0.2) is 57.9 Å². The largest absolute Gasteiger partial charge is 0.497 e. The van der Waals surface area contributed by atoms with Crippen molar-refractivity contribution in [2.24, 2.45) is 0 Å². The lowest BCUT2D eigenvalue weighted by Gasteiger charge is -2.13. The summed E-state index contributed by atoms with van der Waals surface area (Å²) in [4.78, 5) is 12.5. The predicted molar refractivity (Wildman–Crippen MR) is 107 cm³/mol. The van der Waals surface area contributed by atoms with Crippen molar-refractivity contribution in [2.75, 3.05) is 17.1 Å². The van der Waals surface area contributed by atoms with Crippen LogP contribution in [0, 0.1) is 4.64 Å². The van der Waals surface area contributed by atoms with E-state index < -0.39 is 15.9 Å². The zero-order chi connectivity index (χ0) is 20.3. The Bertz CT molecular complexity index is 1170. The molecule has 0 aliphatic rings. The molecule has 11 heteroatoms. The predicted octanol–water partition coefficient (Wildman–Crippen LogP) is 2.19. The molecule has 8 nitrogen and oxygen atoms in total. The zero-order valence-electron chi connectivity index (χ0n) is 14.6. The summed E-state index contributed by atoms with van der Waals surface area (Å²) < 4.78 is 37.6. The molecule has 0 bridgehead atoms. The van der Waals surface area contributed by atoms with Crippen LogP contribution in [0.3, 0.4) is 0 Å². The summed E-state index contributed by atoms with van der Waals surface area (Å²) in [6.07, 6.45) is 0. The standard InChI is InChI=1S/C17H14BN3O5S2/c1-25-10-6-8-11(9-7-10)28(23,24)21-13-5-3-2-4-12(13)19-16(22)14-15(18)26-20-17(14)27/h2-9,21H,1H3,(H,19,22)(H,20,27). The Morgan fingerprint density at radius 3 is 2.36 bits per heavy atom. The molecule has 2 aromatic carbocycles. The molecule has 28 heavy (non-hydrogen) atoms. The average molecular weight is 415 g/mol. The molecule has 2 radical (unpaired) electrons. The minimum absolute atomic E-state index is 0.0336. The summed E-state index contributed by atoms with van der Waals surface area (Å²) in [6.45, 7) is 0. The molecule has 0 saturated carbocycles. The van der Waals surface area contributed by atoms with Crippen LogP contribution in [-0.4, -0.2) is 34.4 Å². The third kappa shape index (κ3) is 4.10. The first kappa shape index (κ1) is 19.7. The summed E-state index contributed by atoms with van der Waals surface area (Å²) in [5.41, 5.74) is 0.185. The van der Waals surface area contributed by atoms with Gasteiger partial charge in [-0.25, -0.2) is 13.6 Å². The van der Waals surface area contributed by atoms with Gasteiger partial charge in [0.15, 0.2) is 7.85 Å². The number of rotatable bonds is 6. The Kier molecular flexibility index (Phi) is 5.57. The zero-order valence-corrected chi connectivity index (χ0v) is 16.2. The number of anilines is 2. The molecular weight excluding hydrogens is 401 g/mol. The molecule has 1 amide bonds. The minimum atomic E-state index is -3.89. The smallest absolute Gasteiger partial charge is 0.261 e. The molecule has 0 unspecified atom stereocenters. The molecule has 3 aromatic rings. The lowest BCUT2D eigenvalue weighted by Crippen LogP contribution is -2.21. The Balaban J connectivity index is 1.87. The number of amides is 1. The normalized spacial score (nSPS) is 11.0. The Morgan fingerprint density at radius 2 is 1.79 bits per heavy atom. The van der Waals surface area contributed by atoms with Crippen LogP contribution >= 0.6 is 12.2 Å². The third-order valence-corrected chi connectivity index (χ3v) is 5.41. The van der Waals surface area contributed by atoms with E-state index in [9.17, 15) is 13.2 Å². The summed E-state index contributed by atoms with van der Waals surface area (Å²) in [7, 11) is 3.18. The molecule has 0 aliphatic heterocycles. The van der Waals surface area contributed by atoms with Gasteiger partial charge in [-0.05, 0) is 36.4 Å². The molecule has 0 fully saturated rings. The molecule has 142 valence electrons. The molecule has 3 N–H and O–H groups in total. The number of nitrogens with one attached hydrogen (secondary N) is 3. The number of H-pyrrole nitrogens is 1. The van der Waals surface area contributed by atoms with Gasteiger partial charge in [-0.1, -0.05) is 24.4 Å². The second kappa shape index (κ2) is 7.91. The molecular formula is C17H14BN3O5S2. The number of methoxy groups -OCH3 is 1. The van der Waals surface area contributed by atoms with E-state index >= 15 is 0 Å². The van der Waals surface area contributed by atoms with Crippen molar-refractivity contribution in [3.63, 3.8) is 0 Å². The number of para-hydroxylation sites is 2. The van der Waals surface area contributed by atoms with Crippen LogP contribution < -0.4 is 20.4 Å². The first-order chi connectivity index (χ1) is 13.3. The topological polar surface area (TPSA) is 113 Å². The van der Waals surface area contributed by atoms with Gasteiger partial charge in [-0.15, -0.1) is 0 Å². The van der Waals surface area contributed by atoms with E-state index in [4.69, 9.17) is 29.3 Å². The van der Waals surface area contributed by atoms with Crippen molar-refractivity contribution in [1.29, 1.82) is 0 Å². The Labute approximate surface area is 167 Å². The molecule has 0 spiro atoms. The van der Waals surface area contributed by atoms with Gasteiger partial charge in [-0.3, -0.25) is 9.52 Å². The highest BCUT2D eigenvalue weighted by Crippen LogP contribution is 2.25. The number of aromatic nitrogens is 1. The highest BCUT2D eigenvalue weighted by atomic mass is 32.2. The van der Waals surface area contributed by atoms with E-state index in [1.165, 1.54) is 43.5 Å². The number of carbonyl (C=O) groups excluding carboxylic acids is 1. The van der Waals surface area contributed by atoms with Gasteiger partial charge in [-0.2, -0.15) is 0 Å². The highest BCUT2D eigenvalue weighted by molar-refractivity contribution is 7.92. The van der Waals surface area contributed by atoms with Gasteiger partial charge in [0, 0.05) is 0 Å². The lowest BCUT2D eigenvalue weighted by molar-refractivity contribution is 0.102. The number of sulfonamides is 1. The number of carbonyl (C=O) groups is 1. The van der Waals surface area contributed by atoms with E-state index in [0.717, 1.165) is 0 Å². The first-order valence-corrected chi connectivity index (χ1v) is 9.75. The fourth-order valence-electron chi connectivity index (χ4n) is 2.35. The van der Waals surface area contributed by atoms with E-state index in [1.54, 1.807) is 12.1 Å². The fourth-order valence-corrected chi connectivity index (χ4v) is 3.67. The molecule has 0 saturated heterocycles. The monoisotopic (exact) mass is 415 g/mol. The van der Waals surface area contributed by atoms with Crippen molar-refractivity contribution in [1.82, 2.24) is 5.16 Å². The maximum atomic E-state index is 12.7. The van der Waals surface area contributed by atoms with Crippen molar-refractivity contribution < 1.29 is 22.5 Å². The number of hydrogen-bond donors (Lipinski definition) is 3. The first-order valence-electron chi connectivity index (χ1n) is 7.86. The molecule has 0 aliphatic carbocycles. The van der Waals surface area contributed by atoms with Crippen molar-refractivity contribution in [2.45, 2.75) is 4.90 Å². The van der Waals surface area contributed by atoms with Gasteiger partial charge in [0.2, 0.25) is 0 Å². The van der Waals surface area contributed by atoms with Gasteiger partial charge in [0.05, 0.1) is 29.0 Å². The van der Waals surface area contributed by atoms with Crippen molar-refractivity contribution in [3.8, 4) is 5.75 Å².